The third-order valence-corrected chi connectivity index (χ3v) is 6.07. The van der Waals surface area contributed by atoms with E-state index in [1.807, 2.05) is 0 Å². The van der Waals surface area contributed by atoms with Gasteiger partial charge in [-0.3, -0.25) is 9.52 Å². The zero-order chi connectivity index (χ0) is 26.0. The summed E-state index contributed by atoms with van der Waals surface area (Å²) in [5.41, 5.74) is -0.991. The van der Waals surface area contributed by atoms with Crippen molar-refractivity contribution in [3.05, 3.63) is 83.3 Å². The molecule has 0 aliphatic rings. The van der Waals surface area contributed by atoms with Crippen LogP contribution in [-0.2, 0) is 21.0 Å². The zero-order valence-electron chi connectivity index (χ0n) is 17.8. The number of anilines is 2. The molecule has 7 nitrogen and oxygen atoms in total. The molecule has 184 valence electrons. The Balaban J connectivity index is 1.94. The van der Waals surface area contributed by atoms with Crippen molar-refractivity contribution in [3.8, 4) is 11.6 Å². The van der Waals surface area contributed by atoms with Crippen LogP contribution in [0, 0.1) is 12.7 Å². The lowest BCUT2D eigenvalue weighted by Gasteiger charge is -2.15. The summed E-state index contributed by atoms with van der Waals surface area (Å²) in [4.78, 5) is 14.6. The minimum absolute atomic E-state index is 0.112. The molecule has 2 N–H and O–H groups in total. The first kappa shape index (κ1) is 26.0. The summed E-state index contributed by atoms with van der Waals surface area (Å²) in [6.07, 6.45) is -2.57. The molecule has 0 atom stereocenters. The molecule has 0 unspecified atom stereocenters. The number of nitrogens with zero attached hydrogens (tertiary/aromatic N) is 1. The maximum atomic E-state index is 14.5. The topological polar surface area (TPSA) is 97.4 Å². The third-order valence-electron chi connectivity index (χ3n) is 4.38. The fourth-order valence-electron chi connectivity index (χ4n) is 2.76. The van der Waals surface area contributed by atoms with Crippen molar-refractivity contribution in [1.82, 2.24) is 4.98 Å². The molecule has 0 aliphatic carbocycles. The molecule has 0 aliphatic heterocycles. The van der Waals surface area contributed by atoms with E-state index in [1.54, 1.807) is 6.92 Å². The highest BCUT2D eigenvalue weighted by Crippen LogP contribution is 2.37. The molecule has 2 aromatic carbocycles. The molecule has 1 heterocycles. The first-order valence-corrected chi connectivity index (χ1v) is 11.4. The van der Waals surface area contributed by atoms with Gasteiger partial charge in [0.05, 0.1) is 15.5 Å². The summed E-state index contributed by atoms with van der Waals surface area (Å²) in [5, 5.41) is 1.70. The van der Waals surface area contributed by atoms with E-state index in [-0.39, 0.29) is 23.0 Å². The number of amides is 1. The Bertz CT molecular complexity index is 1410. The summed E-state index contributed by atoms with van der Waals surface area (Å²) in [5.74, 6) is -2.20. The molecule has 1 aromatic heterocycles. The van der Waals surface area contributed by atoms with Crippen molar-refractivity contribution in [3.63, 3.8) is 0 Å². The number of carbonyl (C=O) groups is 1. The highest BCUT2D eigenvalue weighted by Gasteiger charge is 2.34. The third kappa shape index (κ3) is 6.28. The average Bonchev–Trinajstić information content (AvgIpc) is 2.76. The molecule has 0 saturated carbocycles. The second kappa shape index (κ2) is 9.92. The Morgan fingerprint density at radius 3 is 2.51 bits per heavy atom. The van der Waals surface area contributed by atoms with Crippen LogP contribution in [0.5, 0.6) is 11.6 Å². The molecule has 0 saturated heterocycles. The maximum Gasteiger partial charge on any atom is 0.417 e. The minimum Gasteiger partial charge on any atom is -0.434 e. The van der Waals surface area contributed by atoms with Crippen molar-refractivity contribution in [1.29, 1.82) is 0 Å². The van der Waals surface area contributed by atoms with Crippen LogP contribution in [0.25, 0.3) is 0 Å². The van der Waals surface area contributed by atoms with Gasteiger partial charge >= 0.3 is 6.18 Å². The SMILES string of the molecule is C=CC(=O)Nc1ccc(Oc2ncc(C)cc2NS(=O)(=O)c2ccc(Cl)c(C(F)(F)F)c2)c(F)c1. The van der Waals surface area contributed by atoms with Gasteiger partial charge < -0.3 is 10.1 Å². The van der Waals surface area contributed by atoms with Gasteiger partial charge in [0.1, 0.15) is 5.69 Å². The van der Waals surface area contributed by atoms with E-state index < -0.39 is 43.4 Å². The lowest BCUT2D eigenvalue weighted by molar-refractivity contribution is -0.137. The van der Waals surface area contributed by atoms with Crippen LogP contribution in [0.4, 0.5) is 28.9 Å². The summed E-state index contributed by atoms with van der Waals surface area (Å²) in [7, 11) is -4.56. The van der Waals surface area contributed by atoms with Crippen LogP contribution in [-0.4, -0.2) is 19.3 Å². The highest BCUT2D eigenvalue weighted by molar-refractivity contribution is 7.92. The van der Waals surface area contributed by atoms with Crippen molar-refractivity contribution in [2.75, 3.05) is 10.0 Å². The molecule has 1 amide bonds. The Morgan fingerprint density at radius 1 is 1.17 bits per heavy atom. The second-order valence-corrected chi connectivity index (χ2v) is 9.14. The molecule has 13 heteroatoms. The quantitative estimate of drug-likeness (QED) is 0.292. The van der Waals surface area contributed by atoms with Gasteiger partial charge in [-0.15, -0.1) is 0 Å². The predicted molar refractivity (Wildman–Crippen MR) is 122 cm³/mol. The van der Waals surface area contributed by atoms with Crippen molar-refractivity contribution in [2.45, 2.75) is 18.0 Å². The molecule has 0 bridgehead atoms. The Kier molecular flexibility index (Phi) is 7.36. The fraction of sp³-hybridized carbons (Fsp3) is 0.0909. The zero-order valence-corrected chi connectivity index (χ0v) is 19.4. The molecule has 3 aromatic rings. The number of rotatable bonds is 7. The van der Waals surface area contributed by atoms with E-state index in [9.17, 15) is 30.8 Å². The molecular formula is C22H16ClF4N3O4S. The molecule has 0 radical (unpaired) electrons. The number of sulfonamides is 1. The van der Waals surface area contributed by atoms with Gasteiger partial charge in [-0.1, -0.05) is 18.2 Å². The Labute approximate surface area is 202 Å². The van der Waals surface area contributed by atoms with Crippen LogP contribution in [0.3, 0.4) is 0 Å². The number of aromatic nitrogens is 1. The van der Waals surface area contributed by atoms with E-state index in [2.05, 4.69) is 21.6 Å². The van der Waals surface area contributed by atoms with Gasteiger partial charge in [-0.2, -0.15) is 13.2 Å². The number of halogens is 5. The number of alkyl halides is 3. The molecule has 3 rings (SSSR count). The lowest BCUT2D eigenvalue weighted by atomic mass is 10.2. The monoisotopic (exact) mass is 529 g/mol. The first-order valence-electron chi connectivity index (χ1n) is 9.57. The van der Waals surface area contributed by atoms with E-state index in [4.69, 9.17) is 16.3 Å². The largest absolute Gasteiger partial charge is 0.434 e. The molecule has 0 fully saturated rings. The number of nitrogens with one attached hydrogen (secondary N) is 2. The van der Waals surface area contributed by atoms with Gasteiger partial charge in [0.25, 0.3) is 10.0 Å². The van der Waals surface area contributed by atoms with Crippen LogP contribution < -0.4 is 14.8 Å². The first-order chi connectivity index (χ1) is 16.3. The number of hydrogen-bond acceptors (Lipinski definition) is 5. The smallest absolute Gasteiger partial charge is 0.417 e. The molecular weight excluding hydrogens is 514 g/mol. The van der Waals surface area contributed by atoms with Crippen LogP contribution in [0.1, 0.15) is 11.1 Å². The van der Waals surface area contributed by atoms with Crippen molar-refractivity contribution < 1.29 is 35.5 Å². The number of pyridine rings is 1. The van der Waals surface area contributed by atoms with Crippen LogP contribution >= 0.6 is 11.6 Å². The van der Waals surface area contributed by atoms with Gasteiger partial charge in [-0.05, 0) is 55.0 Å². The van der Waals surface area contributed by atoms with Gasteiger partial charge in [0.2, 0.25) is 11.8 Å². The summed E-state index contributed by atoms with van der Waals surface area (Å²) in [6, 6.07) is 6.86. The summed E-state index contributed by atoms with van der Waals surface area (Å²) in [6.45, 7) is 4.86. The van der Waals surface area contributed by atoms with Gasteiger partial charge in [-0.25, -0.2) is 17.8 Å². The number of benzene rings is 2. The Morgan fingerprint density at radius 2 is 1.89 bits per heavy atom. The summed E-state index contributed by atoms with van der Waals surface area (Å²) < 4.78 is 87.2. The maximum absolute atomic E-state index is 14.5. The van der Waals surface area contributed by atoms with Gasteiger partial charge in [0.15, 0.2) is 11.6 Å². The fourth-order valence-corrected chi connectivity index (χ4v) is 4.06. The number of hydrogen-bond donors (Lipinski definition) is 2. The average molecular weight is 530 g/mol. The number of aryl methyl sites for hydroxylation is 1. The minimum atomic E-state index is -4.88. The van der Waals surface area contributed by atoms with E-state index >= 15 is 0 Å². The summed E-state index contributed by atoms with van der Waals surface area (Å²) >= 11 is 5.56. The second-order valence-electron chi connectivity index (χ2n) is 7.05. The Hall–Kier alpha value is -3.64. The number of carbonyl (C=O) groups excluding carboxylic acids is 1. The van der Waals surface area contributed by atoms with E-state index in [0.29, 0.717) is 11.6 Å². The standard InChI is InChI=1S/C22H16ClF4N3O4S/c1-3-20(31)29-13-4-7-19(17(24)9-13)34-21-18(8-12(2)11-28-21)30-35(32,33)14-5-6-16(23)15(10-14)22(25,26)27/h3-11,30H,1H2,2H3,(H,29,31). The lowest BCUT2D eigenvalue weighted by Crippen LogP contribution is -2.16. The molecule has 35 heavy (non-hydrogen) atoms. The van der Waals surface area contributed by atoms with Crippen molar-refractivity contribution >= 4 is 38.9 Å². The van der Waals surface area contributed by atoms with E-state index in [1.165, 1.54) is 24.4 Å². The highest BCUT2D eigenvalue weighted by atomic mass is 35.5. The van der Waals surface area contributed by atoms with Crippen LogP contribution in [0.15, 0.2) is 66.2 Å². The number of ether oxygens (including phenoxy) is 1. The molecule has 0 spiro atoms. The van der Waals surface area contributed by atoms with Gasteiger partial charge in [0, 0.05) is 18.0 Å². The predicted octanol–water partition coefficient (Wildman–Crippen LogP) is 5.92. The normalized spacial score (nSPS) is 11.6. The van der Waals surface area contributed by atoms with E-state index in [0.717, 1.165) is 24.3 Å². The van der Waals surface area contributed by atoms with Crippen LogP contribution in [0.2, 0.25) is 5.02 Å². The van der Waals surface area contributed by atoms with Crippen molar-refractivity contribution in [2.24, 2.45) is 0 Å².